The predicted molar refractivity (Wildman–Crippen MR) is 80.9 cm³/mol. The van der Waals surface area contributed by atoms with Crippen LogP contribution < -0.4 is 10.1 Å². The molecule has 0 bridgehead atoms. The summed E-state index contributed by atoms with van der Waals surface area (Å²) in [6.45, 7) is 9.30. The fourth-order valence-electron chi connectivity index (χ4n) is 2.05. The van der Waals surface area contributed by atoms with Gasteiger partial charge in [-0.05, 0) is 51.4 Å². The van der Waals surface area contributed by atoms with Gasteiger partial charge in [-0.1, -0.05) is 26.7 Å². The summed E-state index contributed by atoms with van der Waals surface area (Å²) in [5.41, 5.74) is 2.14. The van der Waals surface area contributed by atoms with Crippen LogP contribution in [0.25, 0.3) is 0 Å². The van der Waals surface area contributed by atoms with Crippen LogP contribution in [0.2, 0.25) is 0 Å². The molecule has 3 nitrogen and oxygen atoms in total. The van der Waals surface area contributed by atoms with Gasteiger partial charge in [0.15, 0.2) is 0 Å². The van der Waals surface area contributed by atoms with Gasteiger partial charge < -0.3 is 10.1 Å². The maximum Gasteiger partial charge on any atom is 0.140 e. The fraction of sp³-hybridized carbons (Fsp3) is 0.688. The Morgan fingerprint density at radius 3 is 2.63 bits per heavy atom. The molecular formula is C16H28N2O. The lowest BCUT2D eigenvalue weighted by Gasteiger charge is -2.10. The van der Waals surface area contributed by atoms with E-state index in [-0.39, 0.29) is 0 Å². The molecule has 0 saturated heterocycles. The van der Waals surface area contributed by atoms with Crippen LogP contribution in [0.4, 0.5) is 0 Å². The number of aromatic nitrogens is 1. The first-order chi connectivity index (χ1) is 9.27. The first-order valence-corrected chi connectivity index (χ1v) is 7.58. The molecule has 0 saturated carbocycles. The average Bonchev–Trinajstić information content (AvgIpc) is 2.43. The zero-order chi connectivity index (χ0) is 13.9. The highest BCUT2D eigenvalue weighted by Gasteiger charge is 2.03. The van der Waals surface area contributed by atoms with E-state index in [0.29, 0.717) is 0 Å². The summed E-state index contributed by atoms with van der Waals surface area (Å²) in [5, 5.41) is 3.35. The topological polar surface area (TPSA) is 34.1 Å². The van der Waals surface area contributed by atoms with Gasteiger partial charge in [0.25, 0.3) is 0 Å². The van der Waals surface area contributed by atoms with E-state index in [9.17, 15) is 0 Å². The normalized spacial score (nSPS) is 10.7. The number of pyridine rings is 1. The van der Waals surface area contributed by atoms with Gasteiger partial charge in [0.2, 0.25) is 0 Å². The Labute approximate surface area is 117 Å². The molecule has 0 spiro atoms. The van der Waals surface area contributed by atoms with E-state index < -0.39 is 0 Å². The van der Waals surface area contributed by atoms with Crippen molar-refractivity contribution < 1.29 is 4.74 Å². The van der Waals surface area contributed by atoms with E-state index in [1.165, 1.54) is 19.3 Å². The Balaban J connectivity index is 2.15. The van der Waals surface area contributed by atoms with Crippen LogP contribution in [0.5, 0.6) is 5.75 Å². The minimum absolute atomic E-state index is 0.805. The largest absolute Gasteiger partial charge is 0.492 e. The third-order valence-electron chi connectivity index (χ3n) is 3.16. The van der Waals surface area contributed by atoms with Crippen molar-refractivity contribution >= 4 is 0 Å². The highest BCUT2D eigenvalue weighted by Crippen LogP contribution is 2.17. The molecular weight excluding hydrogens is 236 g/mol. The molecule has 1 aromatic heterocycles. The number of hydrogen-bond acceptors (Lipinski definition) is 3. The van der Waals surface area contributed by atoms with E-state index in [2.05, 4.69) is 24.1 Å². The molecule has 1 aromatic rings. The van der Waals surface area contributed by atoms with Gasteiger partial charge in [0, 0.05) is 5.69 Å². The first kappa shape index (κ1) is 16.0. The number of rotatable bonds is 10. The number of hydrogen-bond donors (Lipinski definition) is 1. The lowest BCUT2D eigenvalue weighted by Crippen LogP contribution is -2.13. The van der Waals surface area contributed by atoms with Crippen molar-refractivity contribution in [2.75, 3.05) is 19.7 Å². The van der Waals surface area contributed by atoms with Crippen molar-refractivity contribution in [3.05, 3.63) is 23.5 Å². The molecule has 0 aliphatic heterocycles. The quantitative estimate of drug-likeness (QED) is 0.657. The molecule has 0 aliphatic carbocycles. The van der Waals surface area contributed by atoms with Crippen molar-refractivity contribution in [1.82, 2.24) is 10.3 Å². The number of ether oxygens (including phenoxy) is 1. The molecule has 1 heterocycles. The summed E-state index contributed by atoms with van der Waals surface area (Å²) >= 11 is 0. The predicted octanol–water partition coefficient (Wildman–Crippen LogP) is 3.50. The summed E-state index contributed by atoms with van der Waals surface area (Å²) in [6.07, 6.45) is 5.85. The van der Waals surface area contributed by atoms with Crippen LogP contribution in [0.1, 0.15) is 50.9 Å². The van der Waals surface area contributed by atoms with Gasteiger partial charge in [0.05, 0.1) is 12.3 Å². The van der Waals surface area contributed by atoms with E-state index in [1.807, 2.05) is 19.1 Å². The van der Waals surface area contributed by atoms with E-state index in [1.54, 1.807) is 0 Å². The standard InChI is InChI=1S/C16H28N2O/c1-4-15-16(11-10-14(3)18-15)19-13-9-7-6-8-12-17-5-2/h10-11,17H,4-9,12-13H2,1-3H3. The van der Waals surface area contributed by atoms with Gasteiger partial charge in [0.1, 0.15) is 5.75 Å². The van der Waals surface area contributed by atoms with Crippen molar-refractivity contribution in [2.45, 2.75) is 52.9 Å². The molecule has 0 aromatic carbocycles. The van der Waals surface area contributed by atoms with Crippen LogP contribution in [0, 0.1) is 6.92 Å². The zero-order valence-corrected chi connectivity index (χ0v) is 12.7. The van der Waals surface area contributed by atoms with Gasteiger partial charge in [-0.25, -0.2) is 0 Å². The Morgan fingerprint density at radius 2 is 1.89 bits per heavy atom. The lowest BCUT2D eigenvalue weighted by atomic mass is 10.2. The number of nitrogens with zero attached hydrogens (tertiary/aromatic N) is 1. The molecule has 0 atom stereocenters. The Hall–Kier alpha value is -1.09. The van der Waals surface area contributed by atoms with Crippen molar-refractivity contribution in [3.63, 3.8) is 0 Å². The summed E-state index contributed by atoms with van der Waals surface area (Å²) < 4.78 is 5.83. The van der Waals surface area contributed by atoms with Crippen LogP contribution in [0.15, 0.2) is 12.1 Å². The maximum absolute atomic E-state index is 5.83. The van der Waals surface area contributed by atoms with Crippen LogP contribution in [-0.4, -0.2) is 24.7 Å². The minimum atomic E-state index is 0.805. The Bertz CT molecular complexity index is 353. The molecule has 108 valence electrons. The molecule has 0 radical (unpaired) electrons. The molecule has 1 N–H and O–H groups in total. The molecule has 0 aliphatic rings. The lowest BCUT2D eigenvalue weighted by molar-refractivity contribution is 0.300. The second kappa shape index (κ2) is 9.79. The second-order valence-corrected chi connectivity index (χ2v) is 4.87. The van der Waals surface area contributed by atoms with Crippen LogP contribution >= 0.6 is 0 Å². The zero-order valence-electron chi connectivity index (χ0n) is 12.7. The molecule has 0 unspecified atom stereocenters. The SMILES string of the molecule is CCNCCCCCCOc1ccc(C)nc1CC. The maximum atomic E-state index is 5.83. The summed E-state index contributed by atoms with van der Waals surface area (Å²) in [6, 6.07) is 4.07. The molecule has 1 rings (SSSR count). The van der Waals surface area contributed by atoms with Crippen LogP contribution in [-0.2, 0) is 6.42 Å². The van der Waals surface area contributed by atoms with Gasteiger partial charge in [-0.15, -0.1) is 0 Å². The van der Waals surface area contributed by atoms with Crippen molar-refractivity contribution in [2.24, 2.45) is 0 Å². The highest BCUT2D eigenvalue weighted by molar-refractivity contribution is 5.29. The van der Waals surface area contributed by atoms with Gasteiger partial charge >= 0.3 is 0 Å². The minimum Gasteiger partial charge on any atom is -0.492 e. The molecule has 19 heavy (non-hydrogen) atoms. The molecule has 0 fully saturated rings. The van der Waals surface area contributed by atoms with Crippen LogP contribution in [0.3, 0.4) is 0 Å². The fourth-order valence-corrected chi connectivity index (χ4v) is 2.05. The van der Waals surface area contributed by atoms with Crippen molar-refractivity contribution in [1.29, 1.82) is 0 Å². The smallest absolute Gasteiger partial charge is 0.140 e. The third kappa shape index (κ3) is 6.58. The van der Waals surface area contributed by atoms with Gasteiger partial charge in [-0.3, -0.25) is 4.98 Å². The van der Waals surface area contributed by atoms with E-state index >= 15 is 0 Å². The Kier molecular flexibility index (Phi) is 8.23. The number of unbranched alkanes of at least 4 members (excludes halogenated alkanes) is 3. The molecule has 0 amide bonds. The van der Waals surface area contributed by atoms with E-state index in [0.717, 1.165) is 49.7 Å². The molecule has 3 heteroatoms. The average molecular weight is 264 g/mol. The summed E-state index contributed by atoms with van der Waals surface area (Å²) in [4.78, 5) is 4.51. The number of nitrogens with one attached hydrogen (secondary N) is 1. The van der Waals surface area contributed by atoms with Gasteiger partial charge in [-0.2, -0.15) is 0 Å². The number of aryl methyl sites for hydroxylation is 2. The highest BCUT2D eigenvalue weighted by atomic mass is 16.5. The van der Waals surface area contributed by atoms with Crippen molar-refractivity contribution in [3.8, 4) is 5.75 Å². The third-order valence-corrected chi connectivity index (χ3v) is 3.16. The summed E-state index contributed by atoms with van der Waals surface area (Å²) in [7, 11) is 0. The second-order valence-electron chi connectivity index (χ2n) is 4.87. The Morgan fingerprint density at radius 1 is 1.11 bits per heavy atom. The summed E-state index contributed by atoms with van der Waals surface area (Å²) in [5.74, 6) is 0.959. The monoisotopic (exact) mass is 264 g/mol. The van der Waals surface area contributed by atoms with E-state index in [4.69, 9.17) is 4.74 Å². The first-order valence-electron chi connectivity index (χ1n) is 7.58.